The minimum absolute atomic E-state index is 0.585. The number of nitrogens with one attached hydrogen (secondary N) is 1. The van der Waals surface area contributed by atoms with E-state index in [0.717, 1.165) is 32.7 Å². The van der Waals surface area contributed by atoms with Crippen LogP contribution in [0.5, 0.6) is 0 Å². The lowest BCUT2D eigenvalue weighted by molar-refractivity contribution is 0.158. The van der Waals surface area contributed by atoms with Crippen LogP contribution in [0.25, 0.3) is 0 Å². The summed E-state index contributed by atoms with van der Waals surface area (Å²) < 4.78 is 5.11. The first-order chi connectivity index (χ1) is 8.74. The molecule has 0 aromatic heterocycles. The van der Waals surface area contributed by atoms with Crippen molar-refractivity contribution in [3.05, 3.63) is 30.3 Å². The molecule has 3 nitrogen and oxygen atoms in total. The van der Waals surface area contributed by atoms with E-state index >= 15 is 0 Å². The molecule has 0 aliphatic carbocycles. The Balaban J connectivity index is 2.08. The molecule has 0 spiro atoms. The highest BCUT2D eigenvalue weighted by atomic mass is 16.5. The van der Waals surface area contributed by atoms with Crippen LogP contribution in [-0.4, -0.2) is 40.4 Å². The van der Waals surface area contributed by atoms with Crippen molar-refractivity contribution in [2.75, 3.05) is 45.3 Å². The van der Waals surface area contributed by atoms with E-state index in [9.17, 15) is 0 Å². The third-order valence-electron chi connectivity index (χ3n) is 2.99. The van der Waals surface area contributed by atoms with Crippen LogP contribution >= 0.6 is 0 Å². The molecule has 0 radical (unpaired) electrons. The molecule has 3 heteroatoms. The lowest BCUT2D eigenvalue weighted by atomic mass is 10.2. The van der Waals surface area contributed by atoms with Crippen molar-refractivity contribution in [1.82, 2.24) is 5.32 Å². The van der Waals surface area contributed by atoms with Crippen molar-refractivity contribution < 1.29 is 4.74 Å². The van der Waals surface area contributed by atoms with Crippen LogP contribution in [0.3, 0.4) is 0 Å². The number of ether oxygens (including phenoxy) is 1. The van der Waals surface area contributed by atoms with Crippen molar-refractivity contribution >= 4 is 5.69 Å². The molecular weight excluding hydrogens is 224 g/mol. The number of anilines is 1. The molecule has 0 amide bonds. The first-order valence-corrected chi connectivity index (χ1v) is 6.70. The third kappa shape index (κ3) is 6.03. The fraction of sp³-hybridized carbons (Fsp3) is 0.600. The highest BCUT2D eigenvalue weighted by molar-refractivity contribution is 5.44. The van der Waals surface area contributed by atoms with E-state index in [-0.39, 0.29) is 0 Å². The fourth-order valence-corrected chi connectivity index (χ4v) is 1.94. The summed E-state index contributed by atoms with van der Waals surface area (Å²) in [5, 5.41) is 3.47. The van der Waals surface area contributed by atoms with E-state index in [0.29, 0.717) is 5.92 Å². The number of benzene rings is 1. The van der Waals surface area contributed by atoms with Crippen molar-refractivity contribution in [1.29, 1.82) is 0 Å². The molecule has 1 unspecified atom stereocenters. The average Bonchev–Trinajstić information content (AvgIpc) is 2.39. The van der Waals surface area contributed by atoms with E-state index in [1.54, 1.807) is 7.11 Å². The molecule has 1 aromatic rings. The molecule has 1 N–H and O–H groups in total. The van der Waals surface area contributed by atoms with E-state index in [2.05, 4.69) is 54.5 Å². The van der Waals surface area contributed by atoms with E-state index in [1.807, 2.05) is 0 Å². The summed E-state index contributed by atoms with van der Waals surface area (Å²) in [5.41, 5.74) is 1.28. The number of para-hydroxylation sites is 1. The molecule has 1 aromatic carbocycles. The third-order valence-corrected chi connectivity index (χ3v) is 2.99. The normalized spacial score (nSPS) is 12.4. The molecule has 102 valence electrons. The molecule has 0 heterocycles. The van der Waals surface area contributed by atoms with E-state index in [4.69, 9.17) is 4.74 Å². The van der Waals surface area contributed by atoms with Crippen LogP contribution in [0, 0.1) is 5.92 Å². The van der Waals surface area contributed by atoms with Gasteiger partial charge in [-0.3, -0.25) is 0 Å². The van der Waals surface area contributed by atoms with Crippen LogP contribution in [0.15, 0.2) is 30.3 Å². The maximum absolute atomic E-state index is 5.11. The summed E-state index contributed by atoms with van der Waals surface area (Å²) in [5.74, 6) is 0.585. The minimum Gasteiger partial charge on any atom is -0.384 e. The first kappa shape index (κ1) is 15.0. The van der Waals surface area contributed by atoms with Crippen LogP contribution in [0.4, 0.5) is 5.69 Å². The van der Waals surface area contributed by atoms with Crippen molar-refractivity contribution in [2.24, 2.45) is 5.92 Å². The summed E-state index contributed by atoms with van der Waals surface area (Å²) in [4.78, 5) is 2.29. The Labute approximate surface area is 111 Å². The summed E-state index contributed by atoms with van der Waals surface area (Å²) in [6, 6.07) is 10.5. The van der Waals surface area contributed by atoms with Gasteiger partial charge < -0.3 is 15.0 Å². The van der Waals surface area contributed by atoms with Crippen molar-refractivity contribution in [3.8, 4) is 0 Å². The Morgan fingerprint density at radius 1 is 1.28 bits per heavy atom. The van der Waals surface area contributed by atoms with Crippen LogP contribution in [0.2, 0.25) is 0 Å². The minimum atomic E-state index is 0.585. The van der Waals surface area contributed by atoms with E-state index in [1.165, 1.54) is 5.69 Å². The number of rotatable bonds is 9. The lowest BCUT2D eigenvalue weighted by Crippen LogP contribution is -2.27. The number of methoxy groups -OCH3 is 1. The quantitative estimate of drug-likeness (QED) is 0.681. The van der Waals surface area contributed by atoms with Gasteiger partial charge in [0.05, 0.1) is 0 Å². The van der Waals surface area contributed by atoms with E-state index < -0.39 is 0 Å². The van der Waals surface area contributed by atoms with Crippen molar-refractivity contribution in [2.45, 2.75) is 13.3 Å². The molecule has 0 bridgehead atoms. The molecule has 0 aliphatic rings. The summed E-state index contributed by atoms with van der Waals surface area (Å²) in [6.07, 6.45) is 1.16. The Kier molecular flexibility index (Phi) is 7.46. The second-order valence-electron chi connectivity index (χ2n) is 4.88. The van der Waals surface area contributed by atoms with Crippen LogP contribution < -0.4 is 10.2 Å². The van der Waals surface area contributed by atoms with Crippen molar-refractivity contribution in [3.63, 3.8) is 0 Å². The number of nitrogens with zero attached hydrogens (tertiary/aromatic N) is 1. The molecule has 0 aliphatic heterocycles. The fourth-order valence-electron chi connectivity index (χ4n) is 1.94. The van der Waals surface area contributed by atoms with Gasteiger partial charge >= 0.3 is 0 Å². The monoisotopic (exact) mass is 250 g/mol. The Morgan fingerprint density at radius 3 is 2.67 bits per heavy atom. The SMILES string of the molecule is COCC(C)CNCCCN(C)c1ccccc1. The highest BCUT2D eigenvalue weighted by Gasteiger charge is 2.01. The second-order valence-corrected chi connectivity index (χ2v) is 4.88. The Bertz CT molecular complexity index is 303. The van der Waals surface area contributed by atoms with Gasteiger partial charge in [0.2, 0.25) is 0 Å². The molecule has 1 rings (SSSR count). The maximum Gasteiger partial charge on any atom is 0.0499 e. The van der Waals surface area contributed by atoms with Crippen LogP contribution in [-0.2, 0) is 4.74 Å². The Hall–Kier alpha value is -1.06. The lowest BCUT2D eigenvalue weighted by Gasteiger charge is -2.19. The van der Waals surface area contributed by atoms with Gasteiger partial charge in [-0.1, -0.05) is 25.1 Å². The summed E-state index contributed by atoms with van der Waals surface area (Å²) >= 11 is 0. The summed E-state index contributed by atoms with van der Waals surface area (Å²) in [6.45, 7) is 6.20. The topological polar surface area (TPSA) is 24.5 Å². The maximum atomic E-state index is 5.11. The molecule has 0 fully saturated rings. The van der Waals surface area contributed by atoms with Gasteiger partial charge in [0.25, 0.3) is 0 Å². The predicted octanol–water partition coefficient (Wildman–Crippen LogP) is 2.39. The zero-order chi connectivity index (χ0) is 13.2. The second kappa shape index (κ2) is 8.95. The van der Waals surface area contributed by atoms with Crippen LogP contribution in [0.1, 0.15) is 13.3 Å². The summed E-state index contributed by atoms with van der Waals surface area (Å²) in [7, 11) is 3.90. The number of hydrogen-bond donors (Lipinski definition) is 1. The van der Waals surface area contributed by atoms with Gasteiger partial charge in [-0.05, 0) is 37.6 Å². The molecule has 1 atom stereocenters. The molecule has 18 heavy (non-hydrogen) atoms. The molecule has 0 saturated carbocycles. The largest absolute Gasteiger partial charge is 0.384 e. The number of hydrogen-bond acceptors (Lipinski definition) is 3. The van der Waals surface area contributed by atoms with Gasteiger partial charge in [-0.15, -0.1) is 0 Å². The zero-order valence-electron chi connectivity index (χ0n) is 11.9. The molecule has 0 saturated heterocycles. The predicted molar refractivity (Wildman–Crippen MR) is 78.2 cm³/mol. The molecular formula is C15H26N2O. The zero-order valence-corrected chi connectivity index (χ0v) is 11.9. The standard InChI is InChI=1S/C15H26N2O/c1-14(13-18-3)12-16-10-7-11-17(2)15-8-5-4-6-9-15/h4-6,8-9,14,16H,7,10-13H2,1-3H3. The highest BCUT2D eigenvalue weighted by Crippen LogP contribution is 2.10. The average molecular weight is 250 g/mol. The van der Waals surface area contributed by atoms with Gasteiger partial charge in [0.1, 0.15) is 0 Å². The van der Waals surface area contributed by atoms with Gasteiger partial charge in [-0.25, -0.2) is 0 Å². The first-order valence-electron chi connectivity index (χ1n) is 6.70. The smallest absolute Gasteiger partial charge is 0.0499 e. The Morgan fingerprint density at radius 2 is 2.00 bits per heavy atom. The van der Waals surface area contributed by atoms with Gasteiger partial charge in [0, 0.05) is 33.0 Å². The van der Waals surface area contributed by atoms with Gasteiger partial charge in [-0.2, -0.15) is 0 Å². The van der Waals surface area contributed by atoms with Gasteiger partial charge in [0.15, 0.2) is 0 Å².